The number of carbonyl (C=O) groups excluding carboxylic acids is 1. The molecule has 4 aromatic rings. The lowest BCUT2D eigenvalue weighted by atomic mass is 9.93. The number of H-pyrrole nitrogens is 1. The molecule has 8 nitrogen and oxygen atoms in total. The van der Waals surface area contributed by atoms with Crippen LogP contribution in [0.15, 0.2) is 43.2 Å². The highest BCUT2D eigenvalue weighted by Crippen LogP contribution is 2.34. The van der Waals surface area contributed by atoms with E-state index in [1.807, 2.05) is 12.1 Å². The molecule has 214 valence electrons. The van der Waals surface area contributed by atoms with Gasteiger partial charge in [0, 0.05) is 47.5 Å². The molecule has 2 unspecified atom stereocenters. The molecule has 1 saturated heterocycles. The quantitative estimate of drug-likeness (QED) is 0.222. The SMILES string of the molecule is C=CC(=O)NCCC1CC(Nc2ncnc3sc(CC(F)(F)F)cc23)CCN1Cc1ccc2[nH]c(C#N)cc2c1C. The number of aryl methyl sites for hydroxylation is 1. The number of hydrogen-bond donors (Lipinski definition) is 3. The van der Waals surface area contributed by atoms with Gasteiger partial charge in [-0.15, -0.1) is 11.3 Å². The van der Waals surface area contributed by atoms with Crippen molar-refractivity contribution in [3.63, 3.8) is 0 Å². The molecule has 3 N–H and O–H groups in total. The number of carbonyl (C=O) groups is 1. The molecule has 4 heterocycles. The van der Waals surface area contributed by atoms with Gasteiger partial charge >= 0.3 is 6.18 Å². The summed E-state index contributed by atoms with van der Waals surface area (Å²) < 4.78 is 38.9. The van der Waals surface area contributed by atoms with Crippen LogP contribution in [-0.2, 0) is 17.8 Å². The second kappa shape index (κ2) is 11.9. The van der Waals surface area contributed by atoms with E-state index in [-0.39, 0.29) is 22.9 Å². The minimum absolute atomic E-state index is 0.0434. The van der Waals surface area contributed by atoms with Crippen molar-refractivity contribution in [3.05, 3.63) is 64.9 Å². The van der Waals surface area contributed by atoms with Crippen LogP contribution in [0.1, 0.15) is 41.0 Å². The van der Waals surface area contributed by atoms with Crippen molar-refractivity contribution in [2.75, 3.05) is 18.4 Å². The molecule has 0 spiro atoms. The van der Waals surface area contributed by atoms with Crippen LogP contribution in [0.2, 0.25) is 0 Å². The Balaban J connectivity index is 1.34. The zero-order valence-corrected chi connectivity index (χ0v) is 23.3. The molecule has 41 heavy (non-hydrogen) atoms. The minimum atomic E-state index is -4.29. The average molecular weight is 582 g/mol. The maximum atomic E-state index is 13.0. The predicted molar refractivity (Wildman–Crippen MR) is 154 cm³/mol. The average Bonchev–Trinajstić information content (AvgIpc) is 3.55. The number of fused-ring (bicyclic) bond motifs is 2. The fourth-order valence-electron chi connectivity index (χ4n) is 5.52. The van der Waals surface area contributed by atoms with Gasteiger partial charge in [0.25, 0.3) is 0 Å². The number of aromatic amines is 1. The molecule has 1 aliphatic heterocycles. The third-order valence-electron chi connectivity index (χ3n) is 7.57. The summed E-state index contributed by atoms with van der Waals surface area (Å²) in [5.41, 5.74) is 3.74. The van der Waals surface area contributed by atoms with E-state index in [1.165, 1.54) is 24.0 Å². The van der Waals surface area contributed by atoms with Crippen molar-refractivity contribution in [3.8, 4) is 6.07 Å². The molecular formula is C29H30F3N7OS. The van der Waals surface area contributed by atoms with Gasteiger partial charge in [-0.05, 0) is 61.6 Å². The first kappa shape index (κ1) is 28.6. The highest BCUT2D eigenvalue weighted by atomic mass is 32.1. The highest BCUT2D eigenvalue weighted by molar-refractivity contribution is 7.18. The zero-order chi connectivity index (χ0) is 29.1. The number of nitriles is 1. The summed E-state index contributed by atoms with van der Waals surface area (Å²) >= 11 is 1.04. The second-order valence-electron chi connectivity index (χ2n) is 10.3. The van der Waals surface area contributed by atoms with Crippen molar-refractivity contribution >= 4 is 44.2 Å². The van der Waals surface area contributed by atoms with E-state index in [9.17, 15) is 23.2 Å². The van der Waals surface area contributed by atoms with E-state index >= 15 is 0 Å². The Morgan fingerprint density at radius 1 is 1.32 bits per heavy atom. The standard InChI is InChI=1S/C29H30F3N7OS/c1-3-26(40)34-8-6-21-10-19(38-27-24-12-22(13-29(30,31)32)41-28(24)36-16-35-27)7-9-39(21)15-18-4-5-25-23(17(18)2)11-20(14-33)37-25/h3-5,11-12,16,19,21,37H,1,6-10,13,15H2,2H3,(H,34,40)(H,35,36,38). The number of anilines is 1. The van der Waals surface area contributed by atoms with Crippen LogP contribution in [0.25, 0.3) is 21.1 Å². The highest BCUT2D eigenvalue weighted by Gasteiger charge is 2.31. The number of aromatic nitrogens is 3. The monoisotopic (exact) mass is 581 g/mol. The summed E-state index contributed by atoms with van der Waals surface area (Å²) in [5, 5.41) is 17.3. The van der Waals surface area contributed by atoms with E-state index in [4.69, 9.17) is 0 Å². The van der Waals surface area contributed by atoms with Gasteiger partial charge < -0.3 is 15.6 Å². The van der Waals surface area contributed by atoms with Crippen molar-refractivity contribution < 1.29 is 18.0 Å². The summed E-state index contributed by atoms with van der Waals surface area (Å²) in [6.45, 7) is 7.56. The minimum Gasteiger partial charge on any atom is -0.367 e. The number of amides is 1. The first-order chi connectivity index (χ1) is 19.6. The van der Waals surface area contributed by atoms with E-state index in [0.717, 1.165) is 53.6 Å². The number of piperidine rings is 1. The van der Waals surface area contributed by atoms with Crippen LogP contribution in [0.4, 0.5) is 19.0 Å². The maximum absolute atomic E-state index is 13.0. The number of nitrogens with zero attached hydrogens (tertiary/aromatic N) is 4. The Kier molecular flexibility index (Phi) is 8.28. The van der Waals surface area contributed by atoms with Crippen molar-refractivity contribution in [1.29, 1.82) is 5.26 Å². The molecule has 1 amide bonds. The molecule has 0 saturated carbocycles. The molecule has 0 aliphatic carbocycles. The van der Waals surface area contributed by atoms with Crippen molar-refractivity contribution in [2.45, 2.75) is 57.4 Å². The fraction of sp³-hybridized carbons (Fsp3) is 0.379. The van der Waals surface area contributed by atoms with E-state index < -0.39 is 12.6 Å². The number of halogens is 3. The molecule has 0 radical (unpaired) electrons. The van der Waals surface area contributed by atoms with Gasteiger partial charge in [-0.3, -0.25) is 9.69 Å². The lowest BCUT2D eigenvalue weighted by Gasteiger charge is -2.40. The largest absolute Gasteiger partial charge is 0.393 e. The summed E-state index contributed by atoms with van der Waals surface area (Å²) in [6.07, 6.45) is -0.351. The Labute approximate surface area is 239 Å². The Hall–Kier alpha value is -3.95. The summed E-state index contributed by atoms with van der Waals surface area (Å²) in [5.74, 6) is 0.318. The van der Waals surface area contributed by atoms with Gasteiger partial charge in [0.1, 0.15) is 28.7 Å². The number of nitrogens with one attached hydrogen (secondary N) is 3. The van der Waals surface area contributed by atoms with Crippen LogP contribution in [-0.4, -0.2) is 57.1 Å². The number of benzene rings is 1. The van der Waals surface area contributed by atoms with Crippen molar-refractivity contribution in [1.82, 2.24) is 25.2 Å². The summed E-state index contributed by atoms with van der Waals surface area (Å²) in [4.78, 5) is 26.6. The smallest absolute Gasteiger partial charge is 0.367 e. The Bertz CT molecular complexity index is 1620. The Morgan fingerprint density at radius 2 is 2.15 bits per heavy atom. The lowest BCUT2D eigenvalue weighted by molar-refractivity contribution is -0.126. The van der Waals surface area contributed by atoms with Gasteiger partial charge in [0.2, 0.25) is 5.91 Å². The Morgan fingerprint density at radius 3 is 2.90 bits per heavy atom. The van der Waals surface area contributed by atoms with Crippen LogP contribution in [0, 0.1) is 18.3 Å². The molecule has 1 aromatic carbocycles. The van der Waals surface area contributed by atoms with Gasteiger partial charge in [0.15, 0.2) is 0 Å². The summed E-state index contributed by atoms with van der Waals surface area (Å²) in [6, 6.07) is 9.83. The molecule has 2 atom stereocenters. The third-order valence-corrected chi connectivity index (χ3v) is 8.62. The molecule has 1 aliphatic rings. The van der Waals surface area contributed by atoms with E-state index in [2.05, 4.69) is 56.1 Å². The molecular weight excluding hydrogens is 551 g/mol. The first-order valence-electron chi connectivity index (χ1n) is 13.4. The predicted octanol–water partition coefficient (Wildman–Crippen LogP) is 5.59. The second-order valence-corrected chi connectivity index (χ2v) is 11.4. The zero-order valence-electron chi connectivity index (χ0n) is 22.5. The molecule has 12 heteroatoms. The molecule has 0 bridgehead atoms. The number of alkyl halides is 3. The molecule has 3 aromatic heterocycles. The van der Waals surface area contributed by atoms with Crippen molar-refractivity contribution in [2.24, 2.45) is 0 Å². The fourth-order valence-corrected chi connectivity index (χ4v) is 6.54. The van der Waals surface area contributed by atoms with E-state index in [1.54, 1.807) is 0 Å². The lowest BCUT2D eigenvalue weighted by Crippen LogP contribution is -2.47. The molecule has 1 fully saturated rings. The van der Waals surface area contributed by atoms with Crippen LogP contribution in [0.5, 0.6) is 0 Å². The van der Waals surface area contributed by atoms with Crippen LogP contribution >= 0.6 is 11.3 Å². The topological polar surface area (TPSA) is 110 Å². The number of hydrogen-bond acceptors (Lipinski definition) is 7. The normalized spacial score (nSPS) is 17.9. The number of rotatable bonds is 9. The van der Waals surface area contributed by atoms with Gasteiger partial charge in [-0.1, -0.05) is 12.6 Å². The van der Waals surface area contributed by atoms with Gasteiger partial charge in [-0.25, -0.2) is 9.97 Å². The summed E-state index contributed by atoms with van der Waals surface area (Å²) in [7, 11) is 0. The number of likely N-dealkylation sites (tertiary alicyclic amines) is 1. The van der Waals surface area contributed by atoms with E-state index in [0.29, 0.717) is 34.8 Å². The van der Waals surface area contributed by atoms with Crippen LogP contribution < -0.4 is 10.6 Å². The maximum Gasteiger partial charge on any atom is 0.393 e. The molecule has 5 rings (SSSR count). The third kappa shape index (κ3) is 6.69. The van der Waals surface area contributed by atoms with Crippen LogP contribution in [0.3, 0.4) is 0 Å². The van der Waals surface area contributed by atoms with Gasteiger partial charge in [-0.2, -0.15) is 18.4 Å². The van der Waals surface area contributed by atoms with Gasteiger partial charge in [0.05, 0.1) is 11.8 Å². The number of thiophene rings is 1. The first-order valence-corrected chi connectivity index (χ1v) is 14.2.